The van der Waals surface area contributed by atoms with Crippen LogP contribution in [0.4, 0.5) is 0 Å². The highest BCUT2D eigenvalue weighted by molar-refractivity contribution is 6.00. The predicted octanol–water partition coefficient (Wildman–Crippen LogP) is 19.4. The summed E-state index contributed by atoms with van der Waals surface area (Å²) in [6, 6.07) is 99.0. The zero-order chi connectivity index (χ0) is 59.2. The fourth-order valence-electron chi connectivity index (χ4n) is 15.8. The minimum absolute atomic E-state index is 0.188. The predicted molar refractivity (Wildman–Crippen MR) is 359 cm³/mol. The van der Waals surface area contributed by atoms with Crippen molar-refractivity contribution in [3.05, 3.63) is 323 Å². The first-order chi connectivity index (χ1) is 43.7. The van der Waals surface area contributed by atoms with Crippen molar-refractivity contribution in [3.8, 4) is 113 Å². The average Bonchev–Trinajstić information content (AvgIpc) is 1.51. The van der Waals surface area contributed by atoms with Crippen molar-refractivity contribution in [1.29, 1.82) is 0 Å². The maximum Gasteiger partial charge on any atom is 0.164 e. The number of nitrogens with zero attached hydrogens (tertiary/aromatic N) is 6. The van der Waals surface area contributed by atoms with Gasteiger partial charge in [-0.2, -0.15) is 0 Å². The van der Waals surface area contributed by atoms with E-state index in [1.54, 1.807) is 0 Å². The van der Waals surface area contributed by atoms with Crippen molar-refractivity contribution in [2.75, 3.05) is 0 Å². The molecule has 2 heterocycles. The molecule has 6 nitrogen and oxygen atoms in total. The lowest BCUT2D eigenvalue weighted by Gasteiger charge is -2.31. The first-order valence-electron chi connectivity index (χ1n) is 30.8. The highest BCUT2D eigenvalue weighted by Gasteiger charge is 2.53. The van der Waals surface area contributed by atoms with E-state index >= 15 is 0 Å². The van der Waals surface area contributed by atoms with Gasteiger partial charge in [0.25, 0.3) is 0 Å². The topological polar surface area (TPSA) is 77.3 Å². The highest BCUT2D eigenvalue weighted by atomic mass is 15.0. The molecule has 0 N–H and O–H groups in total. The van der Waals surface area contributed by atoms with Crippen LogP contribution in [0, 0.1) is 0 Å². The molecular weight excluding hydrogens is 1080 g/mol. The zero-order valence-corrected chi connectivity index (χ0v) is 49.4. The number of hydrogen-bond acceptors (Lipinski definition) is 6. The first kappa shape index (κ1) is 51.2. The van der Waals surface area contributed by atoms with Crippen LogP contribution in [-0.4, -0.2) is 29.9 Å². The molecule has 2 atom stereocenters. The molecule has 4 aliphatic rings. The second-order valence-corrected chi connectivity index (χ2v) is 25.1. The Kier molecular flexibility index (Phi) is 11.0. The first-order valence-corrected chi connectivity index (χ1v) is 30.8. The van der Waals surface area contributed by atoms with E-state index in [1.807, 2.05) is 36.4 Å². The fourth-order valence-corrected chi connectivity index (χ4v) is 15.8. The molecule has 89 heavy (non-hydrogen) atoms. The van der Waals surface area contributed by atoms with Crippen LogP contribution in [0.15, 0.2) is 273 Å². The third kappa shape index (κ3) is 7.50. The van der Waals surface area contributed by atoms with E-state index in [-0.39, 0.29) is 5.41 Å². The lowest BCUT2D eigenvalue weighted by atomic mass is 9.69. The van der Waals surface area contributed by atoms with Gasteiger partial charge in [0.1, 0.15) is 0 Å². The number of benzene rings is 12. The molecule has 2 unspecified atom stereocenters. The smallest absolute Gasteiger partial charge is 0.164 e. The van der Waals surface area contributed by atoms with Gasteiger partial charge in [0, 0.05) is 44.2 Å². The zero-order valence-electron chi connectivity index (χ0n) is 49.4. The van der Waals surface area contributed by atoms with Gasteiger partial charge < -0.3 is 0 Å². The summed E-state index contributed by atoms with van der Waals surface area (Å²) in [6.45, 7) is 7.10. The molecule has 1 spiro atoms. The average molecular weight is 1140 g/mol. The standard InChI is InChI=1S/C83H56N6/c1-81(2)65-34-16-12-29-58(65)60-44-42-55(47-71(60)81)78-85-77(54-41-40-50-22-10-11-27-53(50)46-54)86-79(87-78)56-43-45-61-59-30-13-17-35-66(59)82(3,72(61)48-56)49-57-28-20-38-69-73(57)62-31-14-18-36-67(62)83(69)68-37-19-15-32-63(68)74-64(33-21-39-70(74)83)80-88-75(51-23-6-4-7-24-51)84-76(89-80)52-25-8-5-9-26-52/h4-48H,49H2,1-3H3. The normalized spacial score (nSPS) is 16.5. The summed E-state index contributed by atoms with van der Waals surface area (Å²) in [5.74, 6) is 3.85. The van der Waals surface area contributed by atoms with E-state index in [9.17, 15) is 0 Å². The van der Waals surface area contributed by atoms with Gasteiger partial charge in [-0.3, -0.25) is 0 Å². The third-order valence-corrected chi connectivity index (χ3v) is 19.9. The molecule has 12 aromatic carbocycles. The number of rotatable bonds is 8. The van der Waals surface area contributed by atoms with Gasteiger partial charge in [-0.25, -0.2) is 29.9 Å². The lowest BCUT2D eigenvalue weighted by Crippen LogP contribution is -2.26. The SMILES string of the molecule is CC1(C)c2ccccc2-c2ccc(-c3nc(-c4ccc5c(c4)C(C)(Cc4cccc6c4-c4ccccc4C64c6ccccc6-c6c(-c7nc(-c8ccccc8)nc(-c8ccccc8)n7)cccc64)c4ccccc4-5)nc(-c4ccc5ccccc5c4)n3)cc21. The number of aromatic nitrogens is 6. The van der Waals surface area contributed by atoms with Crippen LogP contribution in [0.1, 0.15) is 70.8 Å². The molecule has 0 amide bonds. The van der Waals surface area contributed by atoms with Gasteiger partial charge in [0.2, 0.25) is 0 Å². The summed E-state index contributed by atoms with van der Waals surface area (Å²) in [6.07, 6.45) is 0.746. The Morgan fingerprint density at radius 2 is 0.652 bits per heavy atom. The summed E-state index contributed by atoms with van der Waals surface area (Å²) in [5, 5.41) is 2.31. The molecule has 0 saturated carbocycles. The van der Waals surface area contributed by atoms with E-state index in [2.05, 4.69) is 257 Å². The van der Waals surface area contributed by atoms with Crippen LogP contribution in [0.3, 0.4) is 0 Å². The quantitative estimate of drug-likeness (QED) is 0.151. The van der Waals surface area contributed by atoms with Crippen LogP contribution in [0.5, 0.6) is 0 Å². The van der Waals surface area contributed by atoms with Crippen LogP contribution in [-0.2, 0) is 22.7 Å². The second kappa shape index (κ2) is 19.2. The molecule has 4 aliphatic carbocycles. The summed E-state index contributed by atoms with van der Waals surface area (Å²) >= 11 is 0. The van der Waals surface area contributed by atoms with Crippen molar-refractivity contribution < 1.29 is 0 Å². The molecule has 0 radical (unpaired) electrons. The van der Waals surface area contributed by atoms with Gasteiger partial charge in [0.05, 0.1) is 5.41 Å². The Morgan fingerprint density at radius 1 is 0.247 bits per heavy atom. The Labute approximate surface area is 517 Å². The molecule has 418 valence electrons. The van der Waals surface area contributed by atoms with Crippen molar-refractivity contribution in [2.45, 2.75) is 43.4 Å². The minimum Gasteiger partial charge on any atom is -0.208 e. The molecule has 0 bridgehead atoms. The third-order valence-electron chi connectivity index (χ3n) is 19.9. The van der Waals surface area contributed by atoms with Gasteiger partial charge in [-0.15, -0.1) is 0 Å². The van der Waals surface area contributed by atoms with Crippen LogP contribution in [0.2, 0.25) is 0 Å². The van der Waals surface area contributed by atoms with E-state index < -0.39 is 10.8 Å². The molecule has 2 aromatic heterocycles. The van der Waals surface area contributed by atoms with E-state index in [1.165, 1.54) is 94.4 Å². The van der Waals surface area contributed by atoms with Gasteiger partial charge in [-0.05, 0) is 130 Å². The summed E-state index contributed by atoms with van der Waals surface area (Å²) in [4.78, 5) is 32.0. The Hall–Kier alpha value is -11.1. The lowest BCUT2D eigenvalue weighted by molar-refractivity contribution is 0.583. The molecule has 6 heteroatoms. The highest BCUT2D eigenvalue weighted by Crippen LogP contribution is 2.65. The van der Waals surface area contributed by atoms with E-state index in [4.69, 9.17) is 29.9 Å². The molecule has 0 fully saturated rings. The maximum atomic E-state index is 5.47. The van der Waals surface area contributed by atoms with E-state index in [0.29, 0.717) is 34.9 Å². The van der Waals surface area contributed by atoms with Crippen LogP contribution < -0.4 is 0 Å². The molecule has 0 aliphatic heterocycles. The van der Waals surface area contributed by atoms with Crippen LogP contribution in [0.25, 0.3) is 124 Å². The largest absolute Gasteiger partial charge is 0.208 e. The van der Waals surface area contributed by atoms with E-state index in [0.717, 1.165) is 50.8 Å². The number of hydrogen-bond donors (Lipinski definition) is 0. The van der Waals surface area contributed by atoms with Crippen molar-refractivity contribution >= 4 is 10.8 Å². The number of fused-ring (bicyclic) bond motifs is 17. The maximum absolute atomic E-state index is 5.47. The van der Waals surface area contributed by atoms with Crippen molar-refractivity contribution in [2.24, 2.45) is 0 Å². The Morgan fingerprint density at radius 3 is 1.28 bits per heavy atom. The minimum atomic E-state index is -0.626. The molecule has 14 aromatic rings. The van der Waals surface area contributed by atoms with Crippen molar-refractivity contribution in [1.82, 2.24) is 29.9 Å². The molecule has 0 saturated heterocycles. The Balaban J connectivity index is 0.793. The fraction of sp³-hybridized carbons (Fsp3) is 0.0843. The summed E-state index contributed by atoms with van der Waals surface area (Å²) in [5.41, 5.74) is 25.9. The summed E-state index contributed by atoms with van der Waals surface area (Å²) < 4.78 is 0. The summed E-state index contributed by atoms with van der Waals surface area (Å²) in [7, 11) is 0. The monoisotopic (exact) mass is 1140 g/mol. The van der Waals surface area contributed by atoms with Gasteiger partial charge in [0.15, 0.2) is 34.9 Å². The van der Waals surface area contributed by atoms with Gasteiger partial charge in [-0.1, -0.05) is 276 Å². The van der Waals surface area contributed by atoms with Gasteiger partial charge >= 0.3 is 0 Å². The van der Waals surface area contributed by atoms with Crippen molar-refractivity contribution in [3.63, 3.8) is 0 Å². The van der Waals surface area contributed by atoms with Crippen LogP contribution >= 0.6 is 0 Å². The molecule has 18 rings (SSSR count). The Bertz CT molecular complexity index is 5240. The molecular formula is C83H56N6. The second-order valence-electron chi connectivity index (χ2n) is 25.1.